The third-order valence-electron chi connectivity index (χ3n) is 3.18. The van der Waals surface area contributed by atoms with Crippen molar-refractivity contribution in [1.29, 1.82) is 0 Å². The normalized spacial score (nSPS) is 10.6. The number of hydrogen-bond donors (Lipinski definition) is 1. The molecule has 0 atom stereocenters. The van der Waals surface area contributed by atoms with Crippen LogP contribution in [0.1, 0.15) is 39.0 Å². The summed E-state index contributed by atoms with van der Waals surface area (Å²) in [5.41, 5.74) is 3.23. The van der Waals surface area contributed by atoms with E-state index in [9.17, 15) is 4.79 Å². The van der Waals surface area contributed by atoms with Gasteiger partial charge in [0, 0.05) is 15.0 Å². The van der Waals surface area contributed by atoms with Gasteiger partial charge in [0.1, 0.15) is 0 Å². The van der Waals surface area contributed by atoms with Crippen molar-refractivity contribution in [3.63, 3.8) is 0 Å². The largest absolute Gasteiger partial charge is 0.321 e. The Hall–Kier alpha value is -1.13. The molecule has 0 unspecified atom stereocenters. The first-order valence-corrected chi connectivity index (χ1v) is 8.29. The van der Waals surface area contributed by atoms with Crippen molar-refractivity contribution in [3.05, 3.63) is 49.6 Å². The van der Waals surface area contributed by atoms with Crippen LogP contribution in [0.25, 0.3) is 0 Å². The summed E-state index contributed by atoms with van der Waals surface area (Å²) in [5, 5.41) is 2.96. The molecule has 1 aromatic heterocycles. The summed E-state index contributed by atoms with van der Waals surface area (Å²) in [6, 6.07) is 7.84. The van der Waals surface area contributed by atoms with Crippen molar-refractivity contribution in [3.8, 4) is 0 Å². The van der Waals surface area contributed by atoms with E-state index in [4.69, 9.17) is 0 Å². The maximum atomic E-state index is 12.3. The Labute approximate surface area is 132 Å². The molecule has 0 aliphatic heterocycles. The molecule has 106 valence electrons. The highest BCUT2D eigenvalue weighted by Crippen LogP contribution is 2.25. The van der Waals surface area contributed by atoms with Gasteiger partial charge in [0.2, 0.25) is 0 Å². The van der Waals surface area contributed by atoms with Crippen LogP contribution < -0.4 is 5.32 Å². The molecule has 2 nitrogen and oxygen atoms in total. The quantitative estimate of drug-likeness (QED) is 0.791. The smallest absolute Gasteiger partial charge is 0.265 e. The fourth-order valence-corrected chi connectivity index (χ4v) is 3.28. The molecule has 0 saturated carbocycles. The standard InChI is InChI=1S/C16H18BrNOS/c1-4-5-12-9-15(20-11(12)3)16(19)18-13-6-7-14(17)10(2)8-13/h6-9H,4-5H2,1-3H3,(H,18,19). The van der Waals surface area contributed by atoms with Crippen LogP contribution in [0.2, 0.25) is 0 Å². The maximum absolute atomic E-state index is 12.3. The second kappa shape index (κ2) is 6.55. The zero-order valence-electron chi connectivity index (χ0n) is 11.9. The third kappa shape index (κ3) is 3.49. The minimum absolute atomic E-state index is 0.0258. The predicted molar refractivity (Wildman–Crippen MR) is 89.9 cm³/mol. The van der Waals surface area contributed by atoms with Gasteiger partial charge in [-0.25, -0.2) is 0 Å². The summed E-state index contributed by atoms with van der Waals surface area (Å²) in [6.07, 6.45) is 2.14. The Kier molecular flexibility index (Phi) is 5.00. The molecule has 2 rings (SSSR count). The minimum atomic E-state index is -0.0258. The number of nitrogens with one attached hydrogen (secondary N) is 1. The molecule has 0 fully saturated rings. The lowest BCUT2D eigenvalue weighted by molar-refractivity contribution is 0.103. The molecule has 0 radical (unpaired) electrons. The van der Waals surface area contributed by atoms with E-state index in [2.05, 4.69) is 35.1 Å². The zero-order valence-corrected chi connectivity index (χ0v) is 14.3. The molecule has 0 aliphatic rings. The van der Waals surface area contributed by atoms with E-state index < -0.39 is 0 Å². The van der Waals surface area contributed by atoms with Crippen LogP contribution >= 0.6 is 27.3 Å². The predicted octanol–water partition coefficient (Wildman–Crippen LogP) is 5.33. The van der Waals surface area contributed by atoms with Crippen LogP contribution in [-0.4, -0.2) is 5.91 Å². The van der Waals surface area contributed by atoms with Gasteiger partial charge in [-0.15, -0.1) is 11.3 Å². The molecule has 0 saturated heterocycles. The molecule has 20 heavy (non-hydrogen) atoms. The number of benzene rings is 1. The topological polar surface area (TPSA) is 29.1 Å². The molecule has 1 N–H and O–H groups in total. The SMILES string of the molecule is CCCc1cc(C(=O)Nc2ccc(Br)c(C)c2)sc1C. The Morgan fingerprint density at radius 3 is 2.70 bits per heavy atom. The van der Waals surface area contributed by atoms with Crippen LogP contribution in [0.5, 0.6) is 0 Å². The molecule has 1 heterocycles. The monoisotopic (exact) mass is 351 g/mol. The molecular formula is C16H18BrNOS. The van der Waals surface area contributed by atoms with Gasteiger partial charge in [0.05, 0.1) is 4.88 Å². The van der Waals surface area contributed by atoms with Gasteiger partial charge < -0.3 is 5.32 Å². The van der Waals surface area contributed by atoms with Crippen molar-refractivity contribution in [2.24, 2.45) is 0 Å². The molecule has 4 heteroatoms. The number of carbonyl (C=O) groups is 1. The van der Waals surface area contributed by atoms with Crippen molar-refractivity contribution >= 4 is 38.9 Å². The average molecular weight is 352 g/mol. The van der Waals surface area contributed by atoms with Crippen molar-refractivity contribution < 1.29 is 4.79 Å². The van der Waals surface area contributed by atoms with Gasteiger partial charge >= 0.3 is 0 Å². The van der Waals surface area contributed by atoms with Gasteiger partial charge in [-0.05, 0) is 55.7 Å². The van der Waals surface area contributed by atoms with Gasteiger partial charge in [0.15, 0.2) is 0 Å². The second-order valence-electron chi connectivity index (χ2n) is 4.86. The van der Waals surface area contributed by atoms with E-state index in [1.165, 1.54) is 10.4 Å². The first-order chi connectivity index (χ1) is 9.51. The molecular weight excluding hydrogens is 334 g/mol. The minimum Gasteiger partial charge on any atom is -0.321 e. The number of rotatable bonds is 4. The summed E-state index contributed by atoms with van der Waals surface area (Å²) < 4.78 is 1.05. The second-order valence-corrected chi connectivity index (χ2v) is 6.97. The number of amides is 1. The molecule has 1 aromatic carbocycles. The van der Waals surface area contributed by atoms with Gasteiger partial charge in [-0.1, -0.05) is 29.3 Å². The van der Waals surface area contributed by atoms with Crippen molar-refractivity contribution in [2.45, 2.75) is 33.6 Å². The number of halogens is 1. The highest BCUT2D eigenvalue weighted by atomic mass is 79.9. The number of hydrogen-bond acceptors (Lipinski definition) is 2. The molecule has 0 aliphatic carbocycles. The maximum Gasteiger partial charge on any atom is 0.265 e. The highest BCUT2D eigenvalue weighted by Gasteiger charge is 2.12. The third-order valence-corrected chi connectivity index (χ3v) is 5.16. The van der Waals surface area contributed by atoms with Crippen molar-refractivity contribution in [1.82, 2.24) is 0 Å². The number of aryl methyl sites for hydroxylation is 3. The Bertz CT molecular complexity index is 633. The Morgan fingerprint density at radius 2 is 2.05 bits per heavy atom. The summed E-state index contributed by atoms with van der Waals surface area (Å²) >= 11 is 5.03. The van der Waals surface area contributed by atoms with Crippen LogP contribution in [-0.2, 0) is 6.42 Å². The van der Waals surface area contributed by atoms with Gasteiger partial charge in [-0.3, -0.25) is 4.79 Å². The Morgan fingerprint density at radius 1 is 1.30 bits per heavy atom. The lowest BCUT2D eigenvalue weighted by Crippen LogP contribution is -2.10. The lowest BCUT2D eigenvalue weighted by atomic mass is 10.1. The van der Waals surface area contributed by atoms with Crippen LogP contribution in [0.15, 0.2) is 28.7 Å². The van der Waals surface area contributed by atoms with E-state index in [0.29, 0.717) is 0 Å². The zero-order chi connectivity index (χ0) is 14.7. The molecule has 0 spiro atoms. The van der Waals surface area contributed by atoms with Crippen LogP contribution in [0.4, 0.5) is 5.69 Å². The number of anilines is 1. The van der Waals surface area contributed by atoms with E-state index in [0.717, 1.165) is 33.4 Å². The molecule has 2 aromatic rings. The summed E-state index contributed by atoms with van der Waals surface area (Å²) in [6.45, 7) is 6.24. The van der Waals surface area contributed by atoms with Gasteiger partial charge in [-0.2, -0.15) is 0 Å². The van der Waals surface area contributed by atoms with E-state index in [1.54, 1.807) is 11.3 Å². The van der Waals surface area contributed by atoms with Crippen LogP contribution in [0.3, 0.4) is 0 Å². The molecule has 1 amide bonds. The number of carbonyl (C=O) groups excluding carboxylic acids is 1. The average Bonchev–Trinajstić information content (AvgIpc) is 2.76. The summed E-state index contributed by atoms with van der Waals surface area (Å²) in [5.74, 6) is -0.0258. The summed E-state index contributed by atoms with van der Waals surface area (Å²) in [7, 11) is 0. The van der Waals surface area contributed by atoms with E-state index >= 15 is 0 Å². The van der Waals surface area contributed by atoms with Crippen LogP contribution in [0, 0.1) is 13.8 Å². The molecule has 0 bridgehead atoms. The van der Waals surface area contributed by atoms with E-state index in [1.807, 2.05) is 31.2 Å². The lowest BCUT2D eigenvalue weighted by Gasteiger charge is -2.05. The fraction of sp³-hybridized carbons (Fsp3) is 0.312. The number of thiophene rings is 1. The highest BCUT2D eigenvalue weighted by molar-refractivity contribution is 9.10. The first kappa shape index (κ1) is 15.3. The van der Waals surface area contributed by atoms with E-state index in [-0.39, 0.29) is 5.91 Å². The van der Waals surface area contributed by atoms with Gasteiger partial charge in [0.25, 0.3) is 5.91 Å². The van der Waals surface area contributed by atoms with Crippen molar-refractivity contribution in [2.75, 3.05) is 5.32 Å². The summed E-state index contributed by atoms with van der Waals surface area (Å²) in [4.78, 5) is 14.3. The first-order valence-electron chi connectivity index (χ1n) is 6.68. The Balaban J connectivity index is 2.15. The fourth-order valence-electron chi connectivity index (χ4n) is 2.06.